The highest BCUT2D eigenvalue weighted by molar-refractivity contribution is 5.00. The van der Waals surface area contributed by atoms with Gasteiger partial charge in [-0.15, -0.1) is 0 Å². The second-order valence-electron chi connectivity index (χ2n) is 5.83. The van der Waals surface area contributed by atoms with Gasteiger partial charge in [0.2, 0.25) is 0 Å². The summed E-state index contributed by atoms with van der Waals surface area (Å²) >= 11 is 0. The number of rotatable bonds is 6. The minimum absolute atomic E-state index is 0.363. The van der Waals surface area contributed by atoms with E-state index in [-0.39, 0.29) is 0 Å². The Morgan fingerprint density at radius 3 is 2.78 bits per heavy atom. The third-order valence-corrected chi connectivity index (χ3v) is 4.36. The molecule has 3 nitrogen and oxygen atoms in total. The molecule has 3 heteroatoms. The fourth-order valence-electron chi connectivity index (χ4n) is 3.05. The molecule has 1 saturated carbocycles. The van der Waals surface area contributed by atoms with E-state index in [1.54, 1.807) is 0 Å². The van der Waals surface area contributed by atoms with E-state index in [1.807, 2.05) is 17.9 Å². The van der Waals surface area contributed by atoms with E-state index in [0.29, 0.717) is 6.04 Å². The molecule has 0 aromatic carbocycles. The van der Waals surface area contributed by atoms with Gasteiger partial charge >= 0.3 is 0 Å². The highest BCUT2D eigenvalue weighted by Crippen LogP contribution is 2.27. The number of hydrogen-bond donors (Lipinski definition) is 1. The van der Waals surface area contributed by atoms with Crippen LogP contribution in [-0.2, 0) is 13.5 Å². The van der Waals surface area contributed by atoms with Crippen LogP contribution in [0.3, 0.4) is 0 Å². The third kappa shape index (κ3) is 4.13. The quantitative estimate of drug-likeness (QED) is 0.842. The maximum absolute atomic E-state index is 6.23. The zero-order valence-electron chi connectivity index (χ0n) is 11.6. The molecule has 2 rings (SSSR count). The van der Waals surface area contributed by atoms with E-state index in [2.05, 4.69) is 11.2 Å². The van der Waals surface area contributed by atoms with Gasteiger partial charge in [0, 0.05) is 25.0 Å². The minimum atomic E-state index is 0.363. The van der Waals surface area contributed by atoms with E-state index in [4.69, 9.17) is 5.73 Å². The summed E-state index contributed by atoms with van der Waals surface area (Å²) in [4.78, 5) is 0. The zero-order valence-corrected chi connectivity index (χ0v) is 11.6. The molecule has 102 valence electrons. The lowest BCUT2D eigenvalue weighted by molar-refractivity contribution is 0.320. The highest BCUT2D eigenvalue weighted by Gasteiger charge is 2.14. The van der Waals surface area contributed by atoms with Crippen molar-refractivity contribution in [2.24, 2.45) is 18.7 Å². The summed E-state index contributed by atoms with van der Waals surface area (Å²) in [6.45, 7) is 0. The maximum Gasteiger partial charge on any atom is 0.0492 e. The fraction of sp³-hybridized carbons (Fsp3) is 0.800. The molecular formula is C15H27N3. The Morgan fingerprint density at radius 1 is 1.33 bits per heavy atom. The van der Waals surface area contributed by atoms with Crippen LogP contribution >= 0.6 is 0 Å². The normalized spacial score (nSPS) is 19.0. The van der Waals surface area contributed by atoms with Crippen LogP contribution in [-0.4, -0.2) is 15.8 Å². The molecule has 1 aromatic heterocycles. The lowest BCUT2D eigenvalue weighted by atomic mass is 9.85. The van der Waals surface area contributed by atoms with Gasteiger partial charge < -0.3 is 5.73 Å². The van der Waals surface area contributed by atoms with E-state index < -0.39 is 0 Å². The Morgan fingerprint density at radius 2 is 2.11 bits per heavy atom. The monoisotopic (exact) mass is 249 g/mol. The Bertz CT molecular complexity index is 339. The summed E-state index contributed by atoms with van der Waals surface area (Å²) in [6, 6.07) is 2.45. The molecule has 0 saturated heterocycles. The van der Waals surface area contributed by atoms with E-state index >= 15 is 0 Å². The first-order valence-electron chi connectivity index (χ1n) is 7.48. The fourth-order valence-corrected chi connectivity index (χ4v) is 3.05. The standard InChI is InChI=1S/C15H27N3/c1-18-15(11-12-17-18)10-9-14(16)8-7-13-5-3-2-4-6-13/h11-14H,2-10,16H2,1H3. The molecule has 1 heterocycles. The van der Waals surface area contributed by atoms with E-state index in [9.17, 15) is 0 Å². The van der Waals surface area contributed by atoms with Crippen molar-refractivity contribution >= 4 is 0 Å². The van der Waals surface area contributed by atoms with Gasteiger partial charge in [0.15, 0.2) is 0 Å². The number of aromatic nitrogens is 2. The molecule has 0 spiro atoms. The molecule has 2 N–H and O–H groups in total. The molecule has 1 aliphatic rings. The number of aryl methyl sites for hydroxylation is 2. The molecule has 0 radical (unpaired) electrons. The summed E-state index contributed by atoms with van der Waals surface area (Å²) in [5, 5.41) is 4.19. The molecule has 1 atom stereocenters. The van der Waals surface area contributed by atoms with E-state index in [1.165, 1.54) is 50.6 Å². The van der Waals surface area contributed by atoms with Gasteiger partial charge in [0.05, 0.1) is 0 Å². The Balaban J connectivity index is 1.62. The highest BCUT2D eigenvalue weighted by atomic mass is 15.2. The Hall–Kier alpha value is -0.830. The molecule has 0 aliphatic heterocycles. The summed E-state index contributed by atoms with van der Waals surface area (Å²) in [6.07, 6.45) is 13.8. The average molecular weight is 249 g/mol. The summed E-state index contributed by atoms with van der Waals surface area (Å²) < 4.78 is 1.95. The molecule has 1 aromatic rings. The summed E-state index contributed by atoms with van der Waals surface area (Å²) in [7, 11) is 2.00. The SMILES string of the molecule is Cn1nccc1CCC(N)CCC1CCCCC1. The number of nitrogens with zero attached hydrogens (tertiary/aromatic N) is 2. The predicted molar refractivity (Wildman–Crippen MR) is 75.3 cm³/mol. The summed E-state index contributed by atoms with van der Waals surface area (Å²) in [5.74, 6) is 0.960. The minimum Gasteiger partial charge on any atom is -0.328 e. The second-order valence-corrected chi connectivity index (χ2v) is 5.83. The largest absolute Gasteiger partial charge is 0.328 e. The number of nitrogens with two attached hydrogens (primary N) is 1. The van der Waals surface area contributed by atoms with Crippen LogP contribution in [0.2, 0.25) is 0 Å². The Kier molecular flexibility index (Phi) is 5.24. The van der Waals surface area contributed by atoms with Crippen LogP contribution in [0.25, 0.3) is 0 Å². The van der Waals surface area contributed by atoms with Crippen LogP contribution in [0, 0.1) is 5.92 Å². The van der Waals surface area contributed by atoms with Crippen molar-refractivity contribution in [3.63, 3.8) is 0 Å². The van der Waals surface area contributed by atoms with Gasteiger partial charge in [-0.25, -0.2) is 0 Å². The van der Waals surface area contributed by atoms with Gasteiger partial charge in [0.1, 0.15) is 0 Å². The van der Waals surface area contributed by atoms with Crippen LogP contribution < -0.4 is 5.73 Å². The van der Waals surface area contributed by atoms with Crippen LogP contribution in [0.4, 0.5) is 0 Å². The second kappa shape index (κ2) is 6.93. The zero-order chi connectivity index (χ0) is 12.8. The van der Waals surface area contributed by atoms with Crippen molar-refractivity contribution in [3.8, 4) is 0 Å². The van der Waals surface area contributed by atoms with Gasteiger partial charge in [0.25, 0.3) is 0 Å². The summed E-state index contributed by atoms with van der Waals surface area (Å²) in [5.41, 5.74) is 7.52. The average Bonchev–Trinajstić information content (AvgIpc) is 2.81. The van der Waals surface area contributed by atoms with Crippen molar-refractivity contribution in [1.82, 2.24) is 9.78 Å². The van der Waals surface area contributed by atoms with Crippen molar-refractivity contribution < 1.29 is 0 Å². The first kappa shape index (κ1) is 13.6. The predicted octanol–water partition coefficient (Wildman–Crippen LogP) is 3.04. The lowest BCUT2D eigenvalue weighted by Gasteiger charge is -2.22. The third-order valence-electron chi connectivity index (χ3n) is 4.36. The van der Waals surface area contributed by atoms with Gasteiger partial charge in [-0.3, -0.25) is 4.68 Å². The maximum atomic E-state index is 6.23. The van der Waals surface area contributed by atoms with Crippen LogP contribution in [0.15, 0.2) is 12.3 Å². The van der Waals surface area contributed by atoms with Gasteiger partial charge in [-0.2, -0.15) is 5.10 Å². The topological polar surface area (TPSA) is 43.8 Å². The lowest BCUT2D eigenvalue weighted by Crippen LogP contribution is -2.22. The molecule has 1 fully saturated rings. The van der Waals surface area contributed by atoms with Crippen molar-refractivity contribution in [1.29, 1.82) is 0 Å². The van der Waals surface area contributed by atoms with Crippen LogP contribution in [0.5, 0.6) is 0 Å². The van der Waals surface area contributed by atoms with E-state index in [0.717, 1.165) is 18.8 Å². The van der Waals surface area contributed by atoms with Crippen LogP contribution in [0.1, 0.15) is 57.1 Å². The number of hydrogen-bond acceptors (Lipinski definition) is 2. The Labute approximate surface area is 111 Å². The molecule has 1 aliphatic carbocycles. The molecule has 18 heavy (non-hydrogen) atoms. The molecule has 0 amide bonds. The first-order valence-corrected chi connectivity index (χ1v) is 7.48. The smallest absolute Gasteiger partial charge is 0.0492 e. The molecule has 0 bridgehead atoms. The van der Waals surface area contributed by atoms with Crippen molar-refractivity contribution in [2.75, 3.05) is 0 Å². The molecule has 1 unspecified atom stereocenters. The van der Waals surface area contributed by atoms with Gasteiger partial charge in [-0.05, 0) is 37.7 Å². The molecular weight excluding hydrogens is 222 g/mol. The van der Waals surface area contributed by atoms with Gasteiger partial charge in [-0.1, -0.05) is 32.1 Å². The van der Waals surface area contributed by atoms with Crippen molar-refractivity contribution in [3.05, 3.63) is 18.0 Å². The first-order chi connectivity index (χ1) is 8.75. The van der Waals surface area contributed by atoms with Crippen molar-refractivity contribution in [2.45, 2.75) is 63.8 Å².